The Labute approximate surface area is 124 Å². The van der Waals surface area contributed by atoms with Crippen molar-refractivity contribution in [3.8, 4) is 5.75 Å². The summed E-state index contributed by atoms with van der Waals surface area (Å²) in [4.78, 5) is 22.6. The number of amides is 1. The van der Waals surface area contributed by atoms with E-state index >= 15 is 0 Å². The second-order valence-electron chi connectivity index (χ2n) is 4.28. The summed E-state index contributed by atoms with van der Waals surface area (Å²) in [6.07, 6.45) is 0. The Hall–Kier alpha value is -2.61. The summed E-state index contributed by atoms with van der Waals surface area (Å²) in [5.74, 6) is -0.961. The van der Waals surface area contributed by atoms with Crippen LogP contribution in [0, 0.1) is 17.0 Å². The normalized spacial score (nSPS) is 10.4. The molecule has 21 heavy (non-hydrogen) atoms. The van der Waals surface area contributed by atoms with Crippen LogP contribution in [0.3, 0.4) is 0 Å². The van der Waals surface area contributed by atoms with Crippen molar-refractivity contribution >= 4 is 28.9 Å². The van der Waals surface area contributed by atoms with Crippen molar-refractivity contribution in [2.24, 2.45) is 7.05 Å². The highest BCUT2D eigenvalue weighted by atomic mass is 35.5. The van der Waals surface area contributed by atoms with E-state index < -0.39 is 10.8 Å². The Kier molecular flexibility index (Phi) is 3.81. The zero-order valence-electron chi connectivity index (χ0n) is 11.1. The van der Waals surface area contributed by atoms with E-state index in [4.69, 9.17) is 11.6 Å². The lowest BCUT2D eigenvalue weighted by Crippen LogP contribution is -2.17. The SMILES string of the molecule is Cc1nn(C)c(C(=O)Nc2cc(Cl)ccc2O)c1[N+](=O)[O-]. The van der Waals surface area contributed by atoms with E-state index in [9.17, 15) is 20.0 Å². The molecule has 2 N–H and O–H groups in total. The van der Waals surface area contributed by atoms with Gasteiger partial charge in [-0.25, -0.2) is 0 Å². The second kappa shape index (κ2) is 5.41. The number of phenolic OH excluding ortho intramolecular Hbond substituents is 1. The van der Waals surface area contributed by atoms with Crippen LogP contribution in [-0.4, -0.2) is 25.7 Å². The molecule has 1 heterocycles. The van der Waals surface area contributed by atoms with Crippen molar-refractivity contribution in [2.45, 2.75) is 6.92 Å². The van der Waals surface area contributed by atoms with Crippen LogP contribution >= 0.6 is 11.6 Å². The summed E-state index contributed by atoms with van der Waals surface area (Å²) >= 11 is 5.78. The fourth-order valence-corrected chi connectivity index (χ4v) is 2.08. The molecule has 1 aromatic carbocycles. The van der Waals surface area contributed by atoms with Crippen LogP contribution in [-0.2, 0) is 7.05 Å². The molecule has 110 valence electrons. The number of halogens is 1. The molecule has 8 nitrogen and oxygen atoms in total. The second-order valence-corrected chi connectivity index (χ2v) is 4.72. The number of hydrogen-bond donors (Lipinski definition) is 2. The average Bonchev–Trinajstić information content (AvgIpc) is 2.68. The Morgan fingerprint density at radius 2 is 2.19 bits per heavy atom. The molecule has 0 saturated heterocycles. The predicted molar refractivity (Wildman–Crippen MR) is 75.7 cm³/mol. The van der Waals surface area contributed by atoms with Crippen molar-refractivity contribution in [1.29, 1.82) is 0 Å². The number of aromatic nitrogens is 2. The lowest BCUT2D eigenvalue weighted by atomic mass is 10.2. The maximum atomic E-state index is 12.2. The molecule has 0 aliphatic heterocycles. The van der Waals surface area contributed by atoms with Gasteiger partial charge in [0.25, 0.3) is 5.91 Å². The molecule has 1 aromatic heterocycles. The Morgan fingerprint density at radius 1 is 1.52 bits per heavy atom. The molecule has 0 bridgehead atoms. The number of phenols is 1. The van der Waals surface area contributed by atoms with Crippen molar-refractivity contribution in [1.82, 2.24) is 9.78 Å². The third kappa shape index (κ3) is 2.79. The molecule has 2 aromatic rings. The van der Waals surface area contributed by atoms with E-state index in [2.05, 4.69) is 10.4 Å². The van der Waals surface area contributed by atoms with Crippen LogP contribution in [0.5, 0.6) is 5.75 Å². The van der Waals surface area contributed by atoms with Gasteiger partial charge in [0, 0.05) is 12.1 Å². The highest BCUT2D eigenvalue weighted by Gasteiger charge is 2.29. The molecule has 2 rings (SSSR count). The minimum Gasteiger partial charge on any atom is -0.506 e. The van der Waals surface area contributed by atoms with Gasteiger partial charge in [-0.3, -0.25) is 19.6 Å². The predicted octanol–water partition coefficient (Wildman–Crippen LogP) is 2.25. The number of carbonyl (C=O) groups is 1. The molecule has 0 spiro atoms. The van der Waals surface area contributed by atoms with Gasteiger partial charge in [-0.2, -0.15) is 5.10 Å². The van der Waals surface area contributed by atoms with Gasteiger partial charge < -0.3 is 10.4 Å². The molecule has 0 atom stereocenters. The maximum absolute atomic E-state index is 12.2. The van der Waals surface area contributed by atoms with Gasteiger partial charge in [0.15, 0.2) is 0 Å². The van der Waals surface area contributed by atoms with Crippen molar-refractivity contribution in [3.63, 3.8) is 0 Å². The number of nitro groups is 1. The van der Waals surface area contributed by atoms with E-state index in [1.54, 1.807) is 0 Å². The zero-order valence-corrected chi connectivity index (χ0v) is 11.9. The van der Waals surface area contributed by atoms with Crippen LogP contribution in [0.15, 0.2) is 18.2 Å². The summed E-state index contributed by atoms with van der Waals surface area (Å²) in [5.41, 5.74) is -0.406. The van der Waals surface area contributed by atoms with E-state index in [0.717, 1.165) is 4.68 Å². The Balaban J connectivity index is 2.42. The lowest BCUT2D eigenvalue weighted by molar-refractivity contribution is -0.385. The molecule has 9 heteroatoms. The summed E-state index contributed by atoms with van der Waals surface area (Å²) in [5, 5.41) is 27.2. The fourth-order valence-electron chi connectivity index (χ4n) is 1.91. The van der Waals surface area contributed by atoms with Gasteiger partial charge in [-0.15, -0.1) is 0 Å². The molecular weight excluding hydrogens is 300 g/mol. The number of hydrogen-bond acceptors (Lipinski definition) is 5. The Bertz CT molecular complexity index is 741. The highest BCUT2D eigenvalue weighted by molar-refractivity contribution is 6.31. The van der Waals surface area contributed by atoms with Gasteiger partial charge in [-0.05, 0) is 25.1 Å². The topological polar surface area (TPSA) is 110 Å². The number of carbonyl (C=O) groups excluding carboxylic acids is 1. The van der Waals surface area contributed by atoms with Gasteiger partial charge in [0.05, 0.1) is 10.6 Å². The molecule has 0 saturated carbocycles. The largest absolute Gasteiger partial charge is 0.506 e. The zero-order chi connectivity index (χ0) is 15.7. The smallest absolute Gasteiger partial charge is 0.322 e. The molecule has 0 radical (unpaired) electrons. The standard InChI is InChI=1S/C12H11ClN4O4/c1-6-10(17(20)21)11(16(2)15-6)12(19)14-8-5-7(13)3-4-9(8)18/h3-5,18H,1-2H3,(H,14,19). The van der Waals surface area contributed by atoms with Crippen LogP contribution in [0.2, 0.25) is 5.02 Å². The lowest BCUT2D eigenvalue weighted by Gasteiger charge is -2.07. The van der Waals surface area contributed by atoms with E-state index in [1.165, 1.54) is 32.2 Å². The highest BCUT2D eigenvalue weighted by Crippen LogP contribution is 2.28. The number of nitrogens with one attached hydrogen (secondary N) is 1. The Morgan fingerprint density at radius 3 is 2.81 bits per heavy atom. The maximum Gasteiger partial charge on any atom is 0.322 e. The third-order valence-electron chi connectivity index (χ3n) is 2.80. The molecule has 0 aliphatic carbocycles. The molecule has 0 unspecified atom stereocenters. The van der Waals surface area contributed by atoms with Crippen molar-refractivity contribution in [2.75, 3.05) is 5.32 Å². The number of aryl methyl sites for hydroxylation is 2. The first-order valence-electron chi connectivity index (χ1n) is 5.79. The summed E-state index contributed by atoms with van der Waals surface area (Å²) in [6.45, 7) is 1.44. The van der Waals surface area contributed by atoms with E-state index in [-0.39, 0.29) is 28.5 Å². The summed E-state index contributed by atoms with van der Waals surface area (Å²) in [6, 6.07) is 4.09. The van der Waals surface area contributed by atoms with Gasteiger partial charge in [0.1, 0.15) is 11.4 Å². The molecule has 1 amide bonds. The number of anilines is 1. The van der Waals surface area contributed by atoms with Crippen LogP contribution < -0.4 is 5.32 Å². The number of rotatable bonds is 3. The molecular formula is C12H11ClN4O4. The van der Waals surface area contributed by atoms with Gasteiger partial charge in [-0.1, -0.05) is 11.6 Å². The van der Waals surface area contributed by atoms with Gasteiger partial charge in [0.2, 0.25) is 5.69 Å². The first-order valence-corrected chi connectivity index (χ1v) is 6.17. The first kappa shape index (κ1) is 14.8. The molecule has 0 fully saturated rings. The summed E-state index contributed by atoms with van der Waals surface area (Å²) in [7, 11) is 1.42. The first-order chi connectivity index (χ1) is 9.81. The van der Waals surface area contributed by atoms with Crippen molar-refractivity contribution in [3.05, 3.63) is 44.7 Å². The van der Waals surface area contributed by atoms with Crippen LogP contribution in [0.4, 0.5) is 11.4 Å². The van der Waals surface area contributed by atoms with Crippen LogP contribution in [0.1, 0.15) is 16.2 Å². The van der Waals surface area contributed by atoms with E-state index in [0.29, 0.717) is 5.02 Å². The van der Waals surface area contributed by atoms with Crippen molar-refractivity contribution < 1.29 is 14.8 Å². The number of benzene rings is 1. The number of nitrogens with zero attached hydrogens (tertiary/aromatic N) is 3. The van der Waals surface area contributed by atoms with Gasteiger partial charge >= 0.3 is 5.69 Å². The van der Waals surface area contributed by atoms with Crippen LogP contribution in [0.25, 0.3) is 0 Å². The quantitative estimate of drug-likeness (QED) is 0.513. The molecule has 0 aliphatic rings. The minimum atomic E-state index is -0.762. The monoisotopic (exact) mass is 310 g/mol. The fraction of sp³-hybridized carbons (Fsp3) is 0.167. The summed E-state index contributed by atoms with van der Waals surface area (Å²) < 4.78 is 1.12. The average molecular weight is 311 g/mol. The van der Waals surface area contributed by atoms with E-state index in [1.807, 2.05) is 0 Å². The third-order valence-corrected chi connectivity index (χ3v) is 3.03. The number of aromatic hydroxyl groups is 1. The minimum absolute atomic E-state index is 0.0562.